The van der Waals surface area contributed by atoms with Crippen molar-refractivity contribution in [2.24, 2.45) is 6.98 Å². The normalized spacial score (nSPS) is 16.5. The lowest BCUT2D eigenvalue weighted by Gasteiger charge is -2.18. The van der Waals surface area contributed by atoms with Gasteiger partial charge in [0.2, 0.25) is 0 Å². The van der Waals surface area contributed by atoms with E-state index in [9.17, 15) is 9.90 Å². The Morgan fingerprint density at radius 2 is 2.16 bits per heavy atom. The van der Waals surface area contributed by atoms with Gasteiger partial charge in [0.15, 0.2) is 0 Å². The van der Waals surface area contributed by atoms with E-state index in [0.29, 0.717) is 33.5 Å². The van der Waals surface area contributed by atoms with Crippen LogP contribution in [0.1, 0.15) is 39.6 Å². The van der Waals surface area contributed by atoms with Crippen molar-refractivity contribution in [1.29, 1.82) is 0 Å². The molecule has 6 nitrogen and oxygen atoms in total. The Kier molecular flexibility index (Phi) is 3.39. The number of pyridine rings is 1. The summed E-state index contributed by atoms with van der Waals surface area (Å²) in [7, 11) is 0. The fourth-order valence-corrected chi connectivity index (χ4v) is 4.08. The predicted molar refractivity (Wildman–Crippen MR) is 115 cm³/mol. The molecular weight excluding hydrogens is 395 g/mol. The van der Waals surface area contributed by atoms with Gasteiger partial charge in [-0.05, 0) is 41.8 Å². The molecule has 2 aromatic heterocycles. The number of aromatic nitrogens is 3. The van der Waals surface area contributed by atoms with Gasteiger partial charge in [0, 0.05) is 46.5 Å². The molecule has 1 N–H and O–H groups in total. The van der Waals surface area contributed by atoms with Crippen LogP contribution in [-0.4, -0.2) is 30.7 Å². The van der Waals surface area contributed by atoms with Gasteiger partial charge in [-0.25, -0.2) is 4.39 Å². The summed E-state index contributed by atoms with van der Waals surface area (Å²) in [6, 6.07) is 9.20. The Bertz CT molecular complexity index is 1500. The van der Waals surface area contributed by atoms with Crippen molar-refractivity contribution in [2.45, 2.75) is 26.6 Å². The van der Waals surface area contributed by atoms with Gasteiger partial charge in [-0.1, -0.05) is 18.2 Å². The summed E-state index contributed by atoms with van der Waals surface area (Å²) in [6.07, 6.45) is 2.85. The highest BCUT2D eigenvalue weighted by molar-refractivity contribution is 5.98. The van der Waals surface area contributed by atoms with Crippen molar-refractivity contribution in [3.63, 3.8) is 0 Å². The molecule has 2 aromatic carbocycles. The monoisotopic (exact) mass is 421 g/mol. The van der Waals surface area contributed by atoms with E-state index in [1.807, 2.05) is 0 Å². The highest BCUT2D eigenvalue weighted by Gasteiger charge is 2.29. The van der Waals surface area contributed by atoms with E-state index < -0.39 is 19.4 Å². The number of amides is 1. The lowest BCUT2D eigenvalue weighted by atomic mass is 9.95. The second-order valence-corrected chi connectivity index (χ2v) is 7.52. The highest BCUT2D eigenvalue weighted by Crippen LogP contribution is 2.33. The number of nitrogens with zero attached hydrogens (tertiary/aromatic N) is 4. The Hall–Kier alpha value is -3.58. The van der Waals surface area contributed by atoms with Crippen molar-refractivity contribution < 1.29 is 21.1 Å². The maximum Gasteiger partial charge on any atom is 0.256 e. The van der Waals surface area contributed by atoms with Gasteiger partial charge in [0.05, 0.1) is 32.6 Å². The van der Waals surface area contributed by atoms with Gasteiger partial charge in [-0.3, -0.25) is 14.5 Å². The minimum atomic E-state index is -2.76. The van der Waals surface area contributed by atoms with E-state index in [4.69, 9.17) is 6.85 Å². The molecule has 7 heteroatoms. The highest BCUT2D eigenvalue weighted by atomic mass is 19.1. The van der Waals surface area contributed by atoms with Crippen LogP contribution in [0, 0.1) is 12.7 Å². The SMILES string of the molecule is [2H]C([2H])(O)c1ccc(-c2cc(C)c(CN3Cc4ncccc4C3=O)c(F)c2)c2cn(C([2H])([2H])[2H])nc12. The molecule has 0 bridgehead atoms. The Morgan fingerprint density at radius 3 is 2.90 bits per heavy atom. The van der Waals surface area contributed by atoms with E-state index in [1.54, 1.807) is 31.3 Å². The van der Waals surface area contributed by atoms with Gasteiger partial charge in [-0.15, -0.1) is 0 Å². The molecular formula is C24H21FN4O2. The number of aryl methyl sites for hydroxylation is 2. The lowest BCUT2D eigenvalue weighted by Crippen LogP contribution is -2.24. The van der Waals surface area contributed by atoms with E-state index in [1.165, 1.54) is 29.3 Å². The number of carbonyl (C=O) groups is 1. The molecule has 0 radical (unpaired) electrons. The molecule has 0 aliphatic carbocycles. The number of rotatable bonds is 4. The first-order valence-corrected chi connectivity index (χ1v) is 9.63. The van der Waals surface area contributed by atoms with Crippen LogP contribution in [0.25, 0.3) is 22.0 Å². The summed E-state index contributed by atoms with van der Waals surface area (Å²) in [5.41, 5.74) is 2.70. The number of fused-ring (bicyclic) bond motifs is 2. The van der Waals surface area contributed by atoms with Crippen molar-refractivity contribution in [2.75, 3.05) is 0 Å². The maximum atomic E-state index is 15.4. The van der Waals surface area contributed by atoms with Crippen molar-refractivity contribution >= 4 is 16.8 Å². The standard InChI is InChI=1S/C24H21FN4O2/c1-14-8-16(17-6-5-15(13-30)23-20(17)10-28(2)27-23)9-21(25)19(14)11-29-12-22-18(24(29)31)4-3-7-26-22/h3-10,30H,11-13H2,1-2H3/i2D3,13D2. The predicted octanol–water partition coefficient (Wildman–Crippen LogP) is 3.73. The summed E-state index contributed by atoms with van der Waals surface area (Å²) in [5.74, 6) is -0.756. The van der Waals surface area contributed by atoms with Crippen LogP contribution in [0.15, 0.2) is 48.8 Å². The van der Waals surface area contributed by atoms with Gasteiger partial charge in [0.25, 0.3) is 5.91 Å². The number of benzene rings is 2. The van der Waals surface area contributed by atoms with Crippen LogP contribution in [0.5, 0.6) is 0 Å². The molecule has 4 aromatic rings. The zero-order valence-corrected chi connectivity index (χ0v) is 16.6. The molecule has 1 aliphatic heterocycles. The number of hydrogen-bond donors (Lipinski definition) is 1. The summed E-state index contributed by atoms with van der Waals surface area (Å²) in [6.45, 7) is -3.32. The van der Waals surface area contributed by atoms with Crippen molar-refractivity contribution in [3.05, 3.63) is 82.6 Å². The Morgan fingerprint density at radius 1 is 1.29 bits per heavy atom. The lowest BCUT2D eigenvalue weighted by molar-refractivity contribution is 0.0764. The third-order valence-corrected chi connectivity index (χ3v) is 5.62. The van der Waals surface area contributed by atoms with Gasteiger partial charge in [-0.2, -0.15) is 5.10 Å². The van der Waals surface area contributed by atoms with Crippen molar-refractivity contribution in [1.82, 2.24) is 19.7 Å². The summed E-state index contributed by atoms with van der Waals surface area (Å²) >= 11 is 0. The second kappa shape index (κ2) is 7.28. The largest absolute Gasteiger partial charge is 0.392 e. The fourth-order valence-electron chi connectivity index (χ4n) is 4.08. The minimum Gasteiger partial charge on any atom is -0.392 e. The van der Waals surface area contributed by atoms with Crippen LogP contribution in [0.3, 0.4) is 0 Å². The zero-order chi connectivity index (χ0) is 26.0. The van der Waals surface area contributed by atoms with E-state index in [0.717, 1.165) is 4.68 Å². The number of aliphatic hydroxyl groups is 1. The molecule has 0 fully saturated rings. The molecule has 0 saturated heterocycles. The summed E-state index contributed by atoms with van der Waals surface area (Å²) in [5, 5.41) is 14.2. The van der Waals surface area contributed by atoms with Gasteiger partial charge < -0.3 is 10.0 Å². The van der Waals surface area contributed by atoms with Gasteiger partial charge >= 0.3 is 0 Å². The van der Waals surface area contributed by atoms with Crippen LogP contribution >= 0.6 is 0 Å². The molecule has 0 spiro atoms. The average molecular weight is 421 g/mol. The Labute approximate surface area is 185 Å². The zero-order valence-electron chi connectivity index (χ0n) is 21.6. The second-order valence-electron chi connectivity index (χ2n) is 7.52. The van der Waals surface area contributed by atoms with Crippen LogP contribution in [0.4, 0.5) is 4.39 Å². The van der Waals surface area contributed by atoms with E-state index >= 15 is 4.39 Å². The molecule has 1 amide bonds. The molecule has 0 atom stereocenters. The van der Waals surface area contributed by atoms with E-state index in [-0.39, 0.29) is 35.5 Å². The van der Waals surface area contributed by atoms with Crippen LogP contribution in [-0.2, 0) is 26.6 Å². The topological polar surface area (TPSA) is 71.2 Å². The molecule has 31 heavy (non-hydrogen) atoms. The first-order chi connectivity index (χ1) is 16.8. The third kappa shape index (κ3) is 3.18. The smallest absolute Gasteiger partial charge is 0.256 e. The third-order valence-electron chi connectivity index (χ3n) is 5.62. The van der Waals surface area contributed by atoms with Crippen LogP contribution in [0.2, 0.25) is 0 Å². The summed E-state index contributed by atoms with van der Waals surface area (Å²) in [4.78, 5) is 18.5. The number of halogens is 1. The molecule has 5 rings (SSSR count). The quantitative estimate of drug-likeness (QED) is 0.545. The van der Waals surface area contributed by atoms with E-state index in [2.05, 4.69) is 10.1 Å². The fraction of sp³-hybridized carbons (Fsp3) is 0.208. The maximum absolute atomic E-state index is 15.4. The molecule has 0 unspecified atom stereocenters. The first-order valence-electron chi connectivity index (χ1n) is 12.1. The minimum absolute atomic E-state index is 0.0359. The Balaban J connectivity index is 1.56. The summed E-state index contributed by atoms with van der Waals surface area (Å²) < 4.78 is 54.5. The first kappa shape index (κ1) is 14.4. The van der Waals surface area contributed by atoms with Gasteiger partial charge in [0.1, 0.15) is 5.82 Å². The number of hydrogen-bond acceptors (Lipinski definition) is 4. The number of carbonyl (C=O) groups excluding carboxylic acids is 1. The molecule has 156 valence electrons. The average Bonchev–Trinajstić information content (AvgIpc) is 3.37. The van der Waals surface area contributed by atoms with Crippen molar-refractivity contribution in [3.8, 4) is 11.1 Å². The van der Waals surface area contributed by atoms with Crippen LogP contribution < -0.4 is 0 Å². The molecule has 0 saturated carbocycles. The molecule has 3 heterocycles. The molecule has 1 aliphatic rings.